The van der Waals surface area contributed by atoms with Gasteiger partial charge in [0.15, 0.2) is 12.4 Å². The van der Waals surface area contributed by atoms with Gasteiger partial charge in [-0.15, -0.1) is 0 Å². The van der Waals surface area contributed by atoms with Crippen LogP contribution in [0.5, 0.6) is 0 Å². The van der Waals surface area contributed by atoms with Crippen LogP contribution >= 0.6 is 0 Å². The molecule has 4 nitrogen and oxygen atoms in total. The molecule has 3 aliphatic rings. The number of hydrogen-bond acceptors (Lipinski definition) is 3. The maximum absolute atomic E-state index is 2.69. The van der Waals surface area contributed by atoms with Crippen molar-refractivity contribution in [3.05, 3.63) is 226 Å². The molecule has 0 N–H and O–H groups in total. The fourth-order valence-electron chi connectivity index (χ4n) is 13.7. The van der Waals surface area contributed by atoms with Gasteiger partial charge in [0, 0.05) is 57.1 Å². The van der Waals surface area contributed by atoms with Crippen molar-refractivity contribution in [2.24, 2.45) is 0 Å². The van der Waals surface area contributed by atoms with E-state index in [2.05, 4.69) is 327 Å². The number of aryl methyl sites for hydroxylation is 2. The van der Waals surface area contributed by atoms with Crippen LogP contribution in [0.3, 0.4) is 0 Å². The molecule has 0 fully saturated rings. The van der Waals surface area contributed by atoms with E-state index < -0.39 is 5.41 Å². The largest absolute Gasteiger partial charge is 0.311 e. The summed E-state index contributed by atoms with van der Waals surface area (Å²) in [5.41, 5.74) is 29.2. The van der Waals surface area contributed by atoms with Crippen molar-refractivity contribution < 1.29 is 4.57 Å². The third-order valence-corrected chi connectivity index (χ3v) is 18.3. The summed E-state index contributed by atoms with van der Waals surface area (Å²) in [7, 11) is 0. The van der Waals surface area contributed by atoms with Gasteiger partial charge in [0.2, 0.25) is 5.69 Å². The molecule has 8 aromatic carbocycles. The van der Waals surface area contributed by atoms with Gasteiger partial charge < -0.3 is 14.7 Å². The Labute approximate surface area is 498 Å². The predicted molar refractivity (Wildman–Crippen MR) is 357 cm³/mol. The van der Waals surface area contributed by atoms with Crippen LogP contribution in [0.15, 0.2) is 176 Å². The second-order valence-corrected chi connectivity index (χ2v) is 30.1. The highest BCUT2D eigenvalue weighted by molar-refractivity contribution is 7.00. The number of anilines is 9. The Hall–Kier alpha value is -7.63. The molecular weight excluding hydrogens is 1000 g/mol. The Balaban J connectivity index is 1.30. The minimum absolute atomic E-state index is 0.00116. The van der Waals surface area contributed by atoms with Crippen LogP contribution in [-0.4, -0.2) is 6.71 Å². The molecule has 0 atom stereocenters. The van der Waals surface area contributed by atoms with E-state index in [1.54, 1.807) is 0 Å². The quantitative estimate of drug-likeness (QED) is 0.122. The molecule has 0 amide bonds. The van der Waals surface area contributed by atoms with Gasteiger partial charge in [-0.3, -0.25) is 0 Å². The van der Waals surface area contributed by atoms with Crippen molar-refractivity contribution in [3.8, 4) is 16.8 Å². The SMILES string of the molecule is Cc1cc(C)c[n+](-c2cc3c4c(c2)N(c2ccc(C(C)(C)C)cc2)c2c(cc5c(c2N(c2ccc(C(C)(C)C)cc2)c2ccc(C(C)(C)C)cc2)C(C)(C)c2ccccc2-5)B4c2cc(C(C)(C)C)ccc2N3c2ccc(C(C)(C)C)cc2)c1. The van der Waals surface area contributed by atoms with Crippen molar-refractivity contribution in [2.45, 2.75) is 164 Å². The first-order valence-corrected chi connectivity index (χ1v) is 30.4. The summed E-state index contributed by atoms with van der Waals surface area (Å²) in [6.07, 6.45) is 4.60. The number of benzene rings is 8. The lowest BCUT2D eigenvalue weighted by atomic mass is 9.33. The van der Waals surface area contributed by atoms with Crippen LogP contribution in [0, 0.1) is 13.8 Å². The van der Waals surface area contributed by atoms with E-state index >= 15 is 0 Å². The molecule has 3 heterocycles. The van der Waals surface area contributed by atoms with E-state index in [0.29, 0.717) is 0 Å². The molecule has 9 aromatic rings. The summed E-state index contributed by atoms with van der Waals surface area (Å²) >= 11 is 0. The van der Waals surface area contributed by atoms with Crippen LogP contribution in [0.4, 0.5) is 51.2 Å². The molecule has 0 saturated heterocycles. The zero-order valence-electron chi connectivity index (χ0n) is 53.1. The van der Waals surface area contributed by atoms with Gasteiger partial charge in [0.05, 0.1) is 22.7 Å². The van der Waals surface area contributed by atoms with Crippen LogP contribution < -0.4 is 35.7 Å². The highest BCUT2D eigenvalue weighted by atomic mass is 15.2. The van der Waals surface area contributed by atoms with Gasteiger partial charge in [0.1, 0.15) is 0 Å². The van der Waals surface area contributed by atoms with Gasteiger partial charge >= 0.3 is 0 Å². The molecule has 420 valence electrons. The first kappa shape index (κ1) is 55.9. The van der Waals surface area contributed by atoms with Crippen molar-refractivity contribution in [3.63, 3.8) is 0 Å². The third-order valence-electron chi connectivity index (χ3n) is 18.3. The Morgan fingerprint density at radius 3 is 1.34 bits per heavy atom. The molecule has 0 spiro atoms. The fraction of sp³-hybridized carbons (Fsp3) is 0.321. The average molecular weight is 1090 g/mol. The zero-order valence-corrected chi connectivity index (χ0v) is 53.1. The zero-order chi connectivity index (χ0) is 59.2. The second kappa shape index (κ2) is 19.2. The van der Waals surface area contributed by atoms with Gasteiger partial charge in [-0.1, -0.05) is 209 Å². The average Bonchev–Trinajstić information content (AvgIpc) is 2.90. The molecule has 2 aliphatic heterocycles. The number of pyridine rings is 1. The second-order valence-electron chi connectivity index (χ2n) is 30.1. The highest BCUT2D eigenvalue weighted by Gasteiger charge is 2.50. The molecule has 0 saturated carbocycles. The van der Waals surface area contributed by atoms with Crippen LogP contribution in [-0.2, 0) is 32.5 Å². The molecule has 1 aromatic heterocycles. The van der Waals surface area contributed by atoms with Crippen LogP contribution in [0.25, 0.3) is 16.8 Å². The number of rotatable bonds is 6. The maximum atomic E-state index is 2.69. The maximum Gasteiger partial charge on any atom is 0.252 e. The standard InChI is InChI=1S/C78H86BN4/c1-49-42-50(2)48-80(47-49)60-44-67-70-68(45-60)83(59-39-30-54(31-40-59)76(12,13)14)71-65(79(70)64-43-55(77(15,16)17)32-41-66(64)82(67)58-37-28-53(29-38-58)75(9,10)11)46-62-61-22-20-21-23-63(61)78(18,19)69(62)72(71)81(56-33-24-51(25-34-56)73(3,4)5)57-35-26-52(27-36-57)74(6,7)8/h20-48H,1-19H3/q+1. The summed E-state index contributed by atoms with van der Waals surface area (Å²) in [6.45, 7) is 44.1. The number of hydrogen-bond donors (Lipinski definition) is 0. The van der Waals surface area contributed by atoms with Gasteiger partial charge in [-0.25, -0.2) is 0 Å². The van der Waals surface area contributed by atoms with Gasteiger partial charge in [-0.05, 0) is 168 Å². The van der Waals surface area contributed by atoms with Gasteiger partial charge in [0.25, 0.3) is 6.71 Å². The third kappa shape index (κ3) is 9.51. The number of nitrogens with zero attached hydrogens (tertiary/aromatic N) is 4. The van der Waals surface area contributed by atoms with Crippen molar-refractivity contribution in [1.29, 1.82) is 0 Å². The molecule has 0 radical (unpaired) electrons. The van der Waals surface area contributed by atoms with E-state index in [0.717, 1.165) is 28.4 Å². The minimum Gasteiger partial charge on any atom is -0.311 e. The van der Waals surface area contributed by atoms with Crippen LogP contribution in [0.1, 0.15) is 168 Å². The smallest absolute Gasteiger partial charge is 0.252 e. The topological polar surface area (TPSA) is 13.6 Å². The van der Waals surface area contributed by atoms with E-state index in [-0.39, 0.29) is 33.8 Å². The first-order valence-electron chi connectivity index (χ1n) is 30.4. The molecule has 12 rings (SSSR count). The Kier molecular flexibility index (Phi) is 12.9. The lowest BCUT2D eigenvalue weighted by Gasteiger charge is -2.47. The molecule has 83 heavy (non-hydrogen) atoms. The summed E-state index contributed by atoms with van der Waals surface area (Å²) in [6, 6.07) is 64.6. The molecule has 1 aliphatic carbocycles. The van der Waals surface area contributed by atoms with Crippen LogP contribution in [0.2, 0.25) is 0 Å². The van der Waals surface area contributed by atoms with Crippen molar-refractivity contribution >= 4 is 74.3 Å². The van der Waals surface area contributed by atoms with E-state index in [9.17, 15) is 0 Å². The molecule has 0 unspecified atom stereocenters. The molecular formula is C78H86BN4+. The lowest BCUT2D eigenvalue weighted by molar-refractivity contribution is -0.596. The Morgan fingerprint density at radius 1 is 0.422 bits per heavy atom. The summed E-state index contributed by atoms with van der Waals surface area (Å²) in [5, 5.41) is 0. The monoisotopic (exact) mass is 1090 g/mol. The number of aromatic nitrogens is 1. The lowest BCUT2D eigenvalue weighted by Crippen LogP contribution is -2.62. The Morgan fingerprint density at radius 2 is 0.855 bits per heavy atom. The van der Waals surface area contributed by atoms with Crippen molar-refractivity contribution in [2.75, 3.05) is 14.7 Å². The molecule has 5 heteroatoms. The van der Waals surface area contributed by atoms with E-state index in [1.807, 2.05) is 0 Å². The normalized spacial score (nSPS) is 14.5. The van der Waals surface area contributed by atoms with Crippen molar-refractivity contribution in [1.82, 2.24) is 0 Å². The summed E-state index contributed by atoms with van der Waals surface area (Å²) in [5.74, 6) is 0. The van der Waals surface area contributed by atoms with Gasteiger partial charge in [-0.2, -0.15) is 4.57 Å². The first-order chi connectivity index (χ1) is 38.9. The molecule has 0 bridgehead atoms. The van der Waals surface area contributed by atoms with E-state index in [4.69, 9.17) is 0 Å². The van der Waals surface area contributed by atoms with E-state index in [1.165, 1.54) is 106 Å². The predicted octanol–water partition coefficient (Wildman–Crippen LogP) is 18.9. The summed E-state index contributed by atoms with van der Waals surface area (Å²) < 4.78 is 2.37. The highest BCUT2D eigenvalue weighted by Crippen LogP contribution is 2.60. The number of fused-ring (bicyclic) bond motifs is 7. The Bertz CT molecular complexity index is 3940. The fourth-order valence-corrected chi connectivity index (χ4v) is 13.7. The summed E-state index contributed by atoms with van der Waals surface area (Å²) in [4.78, 5) is 7.93. The minimum atomic E-state index is -0.394.